The van der Waals surface area contributed by atoms with Gasteiger partial charge in [-0.25, -0.2) is 4.79 Å². The van der Waals surface area contributed by atoms with Gasteiger partial charge in [0.2, 0.25) is 0 Å². The molecular formula is C10H16O5. The van der Waals surface area contributed by atoms with Gasteiger partial charge in [0.1, 0.15) is 6.61 Å². The van der Waals surface area contributed by atoms with Crippen LogP contribution >= 0.6 is 0 Å². The lowest BCUT2D eigenvalue weighted by Crippen LogP contribution is -2.28. The topological polar surface area (TPSA) is 72.8 Å². The largest absolute Gasteiger partial charge is 0.458 e. The van der Waals surface area contributed by atoms with Gasteiger partial charge in [0.05, 0.1) is 6.61 Å². The Balaban J connectivity index is 3.86. The summed E-state index contributed by atoms with van der Waals surface area (Å²) in [6.07, 6.45) is 1.16. The fourth-order valence-corrected chi connectivity index (χ4v) is 0.807. The van der Waals surface area contributed by atoms with Crippen LogP contribution in [-0.2, 0) is 19.1 Å². The molecule has 5 heteroatoms. The van der Waals surface area contributed by atoms with Gasteiger partial charge in [-0.2, -0.15) is 0 Å². The molecular weight excluding hydrogens is 200 g/mol. The van der Waals surface area contributed by atoms with E-state index in [-0.39, 0.29) is 19.6 Å². The number of aliphatic hydroxyl groups excluding tert-OH is 1. The Kier molecular flexibility index (Phi) is 7.27. The van der Waals surface area contributed by atoms with Gasteiger partial charge < -0.3 is 14.6 Å². The van der Waals surface area contributed by atoms with E-state index >= 15 is 0 Å². The number of hydrogen-bond donors (Lipinski definition) is 1. The first kappa shape index (κ1) is 13.6. The fraction of sp³-hybridized carbons (Fsp3) is 0.600. The van der Waals surface area contributed by atoms with Crippen LogP contribution in [0.1, 0.15) is 19.8 Å². The molecule has 0 aliphatic rings. The van der Waals surface area contributed by atoms with Gasteiger partial charge in [0.25, 0.3) is 0 Å². The van der Waals surface area contributed by atoms with Crippen molar-refractivity contribution in [3.8, 4) is 0 Å². The fourth-order valence-electron chi connectivity index (χ4n) is 0.807. The zero-order valence-electron chi connectivity index (χ0n) is 8.77. The molecule has 15 heavy (non-hydrogen) atoms. The van der Waals surface area contributed by atoms with E-state index in [1.807, 2.05) is 6.92 Å². The van der Waals surface area contributed by atoms with Crippen molar-refractivity contribution in [3.05, 3.63) is 12.7 Å². The molecule has 1 N–H and O–H groups in total. The maximum atomic E-state index is 11.0. The van der Waals surface area contributed by atoms with Crippen molar-refractivity contribution in [1.82, 2.24) is 0 Å². The van der Waals surface area contributed by atoms with Gasteiger partial charge in [0.15, 0.2) is 6.10 Å². The van der Waals surface area contributed by atoms with Crippen molar-refractivity contribution in [2.45, 2.75) is 25.9 Å². The van der Waals surface area contributed by atoms with E-state index in [1.165, 1.54) is 0 Å². The van der Waals surface area contributed by atoms with Gasteiger partial charge in [-0.05, 0) is 6.42 Å². The average Bonchev–Trinajstić information content (AvgIpc) is 2.23. The van der Waals surface area contributed by atoms with Gasteiger partial charge in [0, 0.05) is 12.5 Å². The van der Waals surface area contributed by atoms with Crippen LogP contribution in [0.15, 0.2) is 12.7 Å². The molecule has 0 saturated heterocycles. The first-order valence-corrected chi connectivity index (χ1v) is 4.73. The van der Waals surface area contributed by atoms with Crippen LogP contribution in [0.25, 0.3) is 0 Å². The molecule has 0 aliphatic carbocycles. The zero-order chi connectivity index (χ0) is 11.7. The smallest absolute Gasteiger partial charge is 0.330 e. The maximum Gasteiger partial charge on any atom is 0.330 e. The number of esters is 2. The van der Waals surface area contributed by atoms with E-state index in [0.29, 0.717) is 6.42 Å². The summed E-state index contributed by atoms with van der Waals surface area (Å²) < 4.78 is 9.46. The molecule has 5 nitrogen and oxygen atoms in total. The zero-order valence-corrected chi connectivity index (χ0v) is 8.77. The Morgan fingerprint density at radius 2 is 2.20 bits per heavy atom. The van der Waals surface area contributed by atoms with Crippen molar-refractivity contribution >= 4 is 11.9 Å². The molecule has 0 aromatic rings. The lowest BCUT2D eigenvalue weighted by molar-refractivity contribution is -0.159. The Bertz CT molecular complexity index is 224. The molecule has 0 heterocycles. The summed E-state index contributed by atoms with van der Waals surface area (Å²) in [4.78, 5) is 21.7. The molecule has 0 amide bonds. The molecule has 0 saturated carbocycles. The molecule has 0 rings (SSSR count). The SMILES string of the molecule is C=CC(=O)OCC(CO)OC(=O)CCC. The molecule has 0 radical (unpaired) electrons. The molecule has 86 valence electrons. The number of carbonyl (C=O) groups is 2. The molecule has 0 bridgehead atoms. The van der Waals surface area contributed by atoms with E-state index in [4.69, 9.17) is 9.84 Å². The number of hydrogen-bond acceptors (Lipinski definition) is 5. The maximum absolute atomic E-state index is 11.0. The van der Waals surface area contributed by atoms with Crippen LogP contribution in [-0.4, -0.2) is 36.4 Å². The van der Waals surface area contributed by atoms with E-state index in [9.17, 15) is 9.59 Å². The molecule has 0 aromatic carbocycles. The van der Waals surface area contributed by atoms with E-state index in [1.54, 1.807) is 0 Å². The van der Waals surface area contributed by atoms with Crippen LogP contribution < -0.4 is 0 Å². The summed E-state index contributed by atoms with van der Waals surface area (Å²) >= 11 is 0. The number of rotatable bonds is 7. The van der Waals surface area contributed by atoms with Gasteiger partial charge in [-0.3, -0.25) is 4.79 Å². The van der Waals surface area contributed by atoms with Crippen LogP contribution in [0.5, 0.6) is 0 Å². The third-order valence-corrected chi connectivity index (χ3v) is 1.53. The molecule has 0 aliphatic heterocycles. The van der Waals surface area contributed by atoms with Crippen molar-refractivity contribution in [1.29, 1.82) is 0 Å². The average molecular weight is 216 g/mol. The van der Waals surface area contributed by atoms with E-state index in [0.717, 1.165) is 6.08 Å². The molecule has 0 fully saturated rings. The summed E-state index contributed by atoms with van der Waals surface area (Å²) in [5, 5.41) is 8.83. The molecule has 1 atom stereocenters. The second-order valence-corrected chi connectivity index (χ2v) is 2.88. The van der Waals surface area contributed by atoms with Crippen LogP contribution in [0.4, 0.5) is 0 Å². The quantitative estimate of drug-likeness (QED) is 0.493. The predicted molar refractivity (Wildman–Crippen MR) is 53.0 cm³/mol. The first-order chi connectivity index (χ1) is 7.13. The van der Waals surface area contributed by atoms with Crippen LogP contribution in [0.2, 0.25) is 0 Å². The summed E-state index contributed by atoms with van der Waals surface area (Å²) in [6.45, 7) is 4.52. The van der Waals surface area contributed by atoms with Crippen LogP contribution in [0, 0.1) is 0 Å². The molecule has 1 unspecified atom stereocenters. The summed E-state index contributed by atoms with van der Waals surface area (Å²) in [5.74, 6) is -1.02. The number of ether oxygens (including phenoxy) is 2. The summed E-state index contributed by atoms with van der Waals surface area (Å²) in [7, 11) is 0. The molecule has 0 aromatic heterocycles. The Morgan fingerprint density at radius 3 is 2.67 bits per heavy atom. The standard InChI is InChI=1S/C10H16O5/c1-3-5-10(13)15-8(6-11)7-14-9(12)4-2/h4,8,11H,2-3,5-7H2,1H3. The lowest BCUT2D eigenvalue weighted by atomic mass is 10.3. The summed E-state index contributed by atoms with van der Waals surface area (Å²) in [6, 6.07) is 0. The van der Waals surface area contributed by atoms with Gasteiger partial charge in [-0.15, -0.1) is 0 Å². The van der Waals surface area contributed by atoms with Crippen molar-refractivity contribution < 1.29 is 24.2 Å². The normalized spacial score (nSPS) is 11.6. The Hall–Kier alpha value is -1.36. The highest BCUT2D eigenvalue weighted by molar-refractivity contribution is 5.81. The predicted octanol–water partition coefficient (Wildman–Crippen LogP) is 0.420. The minimum absolute atomic E-state index is 0.156. The highest BCUT2D eigenvalue weighted by Crippen LogP contribution is 1.98. The number of aliphatic hydroxyl groups is 1. The first-order valence-electron chi connectivity index (χ1n) is 4.73. The van der Waals surface area contributed by atoms with Crippen molar-refractivity contribution in [2.75, 3.05) is 13.2 Å². The van der Waals surface area contributed by atoms with Crippen molar-refractivity contribution in [2.24, 2.45) is 0 Å². The second-order valence-electron chi connectivity index (χ2n) is 2.88. The Morgan fingerprint density at radius 1 is 1.53 bits per heavy atom. The summed E-state index contributed by atoms with van der Waals surface area (Å²) in [5.41, 5.74) is 0. The monoisotopic (exact) mass is 216 g/mol. The third kappa shape index (κ3) is 6.68. The lowest BCUT2D eigenvalue weighted by Gasteiger charge is -2.14. The Labute approximate surface area is 88.7 Å². The van der Waals surface area contributed by atoms with Gasteiger partial charge >= 0.3 is 11.9 Å². The van der Waals surface area contributed by atoms with E-state index in [2.05, 4.69) is 11.3 Å². The number of carbonyl (C=O) groups excluding carboxylic acids is 2. The highest BCUT2D eigenvalue weighted by atomic mass is 16.6. The van der Waals surface area contributed by atoms with E-state index < -0.39 is 18.0 Å². The minimum Gasteiger partial charge on any atom is -0.458 e. The second kappa shape index (κ2) is 7.99. The van der Waals surface area contributed by atoms with Crippen molar-refractivity contribution in [3.63, 3.8) is 0 Å². The highest BCUT2D eigenvalue weighted by Gasteiger charge is 2.14. The minimum atomic E-state index is -0.798. The molecule has 0 spiro atoms. The van der Waals surface area contributed by atoms with Crippen LogP contribution in [0.3, 0.4) is 0 Å². The third-order valence-electron chi connectivity index (χ3n) is 1.53. The van der Waals surface area contributed by atoms with Gasteiger partial charge in [-0.1, -0.05) is 13.5 Å².